The number of rotatable bonds is 4. The van der Waals surface area contributed by atoms with Crippen molar-refractivity contribution in [2.24, 2.45) is 7.05 Å². The van der Waals surface area contributed by atoms with Gasteiger partial charge in [0.05, 0.1) is 5.69 Å². The molecule has 84 valence electrons. The second kappa shape index (κ2) is 4.49. The maximum atomic E-state index is 6.03. The third-order valence-corrected chi connectivity index (χ3v) is 3.62. The van der Waals surface area contributed by atoms with Crippen LogP contribution in [-0.2, 0) is 13.6 Å². The Bertz CT molecular complexity index is 317. The normalized spacial score (nSPS) is 19.6. The van der Waals surface area contributed by atoms with Crippen LogP contribution in [0.3, 0.4) is 0 Å². The van der Waals surface area contributed by atoms with E-state index in [0.29, 0.717) is 5.88 Å². The van der Waals surface area contributed by atoms with Gasteiger partial charge in [0.1, 0.15) is 0 Å². The number of aryl methyl sites for hydroxylation is 1. The van der Waals surface area contributed by atoms with E-state index in [-0.39, 0.29) is 5.54 Å². The molecule has 0 radical (unpaired) electrons. The number of alkyl halides is 1. The van der Waals surface area contributed by atoms with Crippen molar-refractivity contribution in [3.63, 3.8) is 0 Å². The molecule has 0 aromatic carbocycles. The van der Waals surface area contributed by atoms with E-state index in [1.54, 1.807) is 4.68 Å². The summed E-state index contributed by atoms with van der Waals surface area (Å²) in [6.07, 6.45) is 6.85. The molecular weight excluding hydrogens is 212 g/mol. The summed E-state index contributed by atoms with van der Waals surface area (Å²) in [4.78, 5) is 0. The molecule has 0 atom stereocenters. The van der Waals surface area contributed by atoms with Gasteiger partial charge >= 0.3 is 0 Å². The molecule has 1 heterocycles. The Balaban J connectivity index is 1.91. The van der Waals surface area contributed by atoms with Crippen molar-refractivity contribution in [2.45, 2.75) is 37.8 Å². The molecule has 0 spiro atoms. The molecular formula is C10H17ClN4. The summed E-state index contributed by atoms with van der Waals surface area (Å²) in [5, 5.41) is 11.5. The van der Waals surface area contributed by atoms with Crippen LogP contribution in [-0.4, -0.2) is 26.4 Å². The summed E-state index contributed by atoms with van der Waals surface area (Å²) in [6, 6.07) is 0. The number of halogens is 1. The first-order valence-electron chi connectivity index (χ1n) is 5.40. The van der Waals surface area contributed by atoms with Crippen LogP contribution in [0.1, 0.15) is 31.4 Å². The molecule has 1 aromatic rings. The molecule has 1 aliphatic carbocycles. The van der Waals surface area contributed by atoms with Crippen LogP contribution in [0.15, 0.2) is 6.20 Å². The summed E-state index contributed by atoms with van der Waals surface area (Å²) in [7, 11) is 1.88. The number of hydrogen-bond donors (Lipinski definition) is 1. The van der Waals surface area contributed by atoms with Gasteiger partial charge < -0.3 is 5.32 Å². The molecule has 0 amide bonds. The highest BCUT2D eigenvalue weighted by molar-refractivity contribution is 6.18. The van der Waals surface area contributed by atoms with Crippen LogP contribution in [0.25, 0.3) is 0 Å². The lowest BCUT2D eigenvalue weighted by atomic mass is 10.0. The third kappa shape index (κ3) is 2.49. The molecule has 0 bridgehead atoms. The number of hydrogen-bond acceptors (Lipinski definition) is 3. The second-order valence-electron chi connectivity index (χ2n) is 4.36. The maximum Gasteiger partial charge on any atom is 0.0964 e. The number of nitrogens with one attached hydrogen (secondary N) is 1. The van der Waals surface area contributed by atoms with Crippen molar-refractivity contribution < 1.29 is 0 Å². The maximum absolute atomic E-state index is 6.03. The van der Waals surface area contributed by atoms with Gasteiger partial charge in [-0.2, -0.15) is 0 Å². The Labute approximate surface area is 95.0 Å². The minimum absolute atomic E-state index is 0.138. The number of aromatic nitrogens is 3. The quantitative estimate of drug-likeness (QED) is 0.794. The predicted octanol–water partition coefficient (Wildman–Crippen LogP) is 1.46. The van der Waals surface area contributed by atoms with Crippen molar-refractivity contribution in [1.29, 1.82) is 0 Å². The average molecular weight is 229 g/mol. The van der Waals surface area contributed by atoms with Crippen LogP contribution in [0.2, 0.25) is 0 Å². The van der Waals surface area contributed by atoms with Gasteiger partial charge in [0, 0.05) is 31.2 Å². The predicted molar refractivity (Wildman–Crippen MR) is 59.8 cm³/mol. The molecule has 15 heavy (non-hydrogen) atoms. The lowest BCUT2D eigenvalue weighted by Gasteiger charge is -2.27. The van der Waals surface area contributed by atoms with E-state index in [1.807, 2.05) is 13.2 Å². The number of nitrogens with zero attached hydrogens (tertiary/aromatic N) is 3. The van der Waals surface area contributed by atoms with E-state index in [4.69, 9.17) is 11.6 Å². The fraction of sp³-hybridized carbons (Fsp3) is 0.800. The van der Waals surface area contributed by atoms with Crippen LogP contribution < -0.4 is 5.32 Å². The van der Waals surface area contributed by atoms with E-state index in [9.17, 15) is 0 Å². The van der Waals surface area contributed by atoms with Crippen LogP contribution >= 0.6 is 11.6 Å². The Morgan fingerprint density at radius 1 is 1.53 bits per heavy atom. The fourth-order valence-electron chi connectivity index (χ4n) is 2.16. The smallest absolute Gasteiger partial charge is 0.0964 e. The van der Waals surface area contributed by atoms with E-state index in [0.717, 1.165) is 12.2 Å². The fourth-order valence-corrected chi connectivity index (χ4v) is 2.53. The van der Waals surface area contributed by atoms with Crippen molar-refractivity contribution in [1.82, 2.24) is 20.3 Å². The first-order chi connectivity index (χ1) is 7.24. The van der Waals surface area contributed by atoms with E-state index < -0.39 is 0 Å². The molecule has 1 aromatic heterocycles. The Kier molecular flexibility index (Phi) is 3.26. The summed E-state index contributed by atoms with van der Waals surface area (Å²) >= 11 is 6.03. The lowest BCUT2D eigenvalue weighted by molar-refractivity contribution is 0.365. The minimum atomic E-state index is 0.138. The summed E-state index contributed by atoms with van der Waals surface area (Å²) in [5.74, 6) is 0.688. The highest BCUT2D eigenvalue weighted by Gasteiger charge is 2.32. The molecule has 0 unspecified atom stereocenters. The van der Waals surface area contributed by atoms with E-state index in [1.165, 1.54) is 25.7 Å². The Hall–Kier alpha value is -0.610. The Morgan fingerprint density at radius 2 is 2.27 bits per heavy atom. The molecule has 4 nitrogen and oxygen atoms in total. The average Bonchev–Trinajstić information content (AvgIpc) is 2.85. The van der Waals surface area contributed by atoms with Gasteiger partial charge in [0.25, 0.3) is 0 Å². The van der Waals surface area contributed by atoms with Gasteiger partial charge in [-0.15, -0.1) is 16.7 Å². The zero-order valence-electron chi connectivity index (χ0n) is 9.04. The third-order valence-electron chi connectivity index (χ3n) is 3.11. The molecule has 1 N–H and O–H groups in total. The molecule has 1 aliphatic rings. The molecule has 0 saturated heterocycles. The molecule has 5 heteroatoms. The van der Waals surface area contributed by atoms with Gasteiger partial charge in [0.15, 0.2) is 0 Å². The van der Waals surface area contributed by atoms with Gasteiger partial charge in [-0.1, -0.05) is 18.1 Å². The molecule has 2 rings (SSSR count). The van der Waals surface area contributed by atoms with Crippen molar-refractivity contribution in [2.75, 3.05) is 5.88 Å². The highest BCUT2D eigenvalue weighted by atomic mass is 35.5. The summed E-state index contributed by atoms with van der Waals surface area (Å²) in [6.45, 7) is 0.764. The molecule has 1 saturated carbocycles. The van der Waals surface area contributed by atoms with Crippen LogP contribution in [0.5, 0.6) is 0 Å². The lowest BCUT2D eigenvalue weighted by Crippen LogP contribution is -2.44. The summed E-state index contributed by atoms with van der Waals surface area (Å²) in [5.41, 5.74) is 1.12. The van der Waals surface area contributed by atoms with Gasteiger partial charge in [0.2, 0.25) is 0 Å². The van der Waals surface area contributed by atoms with Crippen molar-refractivity contribution in [3.8, 4) is 0 Å². The minimum Gasteiger partial charge on any atom is -0.304 e. The zero-order valence-corrected chi connectivity index (χ0v) is 9.80. The van der Waals surface area contributed by atoms with Crippen LogP contribution in [0.4, 0.5) is 0 Å². The van der Waals surface area contributed by atoms with E-state index >= 15 is 0 Å². The SMILES string of the molecule is Cn1cc(CNC2(CCl)CCCC2)nn1. The summed E-state index contributed by atoms with van der Waals surface area (Å²) < 4.78 is 1.72. The van der Waals surface area contributed by atoms with Gasteiger partial charge in [-0.3, -0.25) is 4.68 Å². The van der Waals surface area contributed by atoms with Crippen molar-refractivity contribution in [3.05, 3.63) is 11.9 Å². The largest absolute Gasteiger partial charge is 0.304 e. The zero-order chi connectivity index (χ0) is 10.7. The standard InChI is InChI=1S/C10H17ClN4/c1-15-7-9(13-14-15)6-12-10(8-11)4-2-3-5-10/h7,12H,2-6,8H2,1H3. The molecule has 1 fully saturated rings. The van der Waals surface area contributed by atoms with Gasteiger partial charge in [-0.05, 0) is 12.8 Å². The van der Waals surface area contributed by atoms with E-state index in [2.05, 4.69) is 15.6 Å². The highest BCUT2D eigenvalue weighted by Crippen LogP contribution is 2.30. The Morgan fingerprint density at radius 3 is 2.80 bits per heavy atom. The van der Waals surface area contributed by atoms with Gasteiger partial charge in [-0.25, -0.2) is 0 Å². The van der Waals surface area contributed by atoms with Crippen LogP contribution in [0, 0.1) is 0 Å². The topological polar surface area (TPSA) is 42.7 Å². The van der Waals surface area contributed by atoms with Crippen molar-refractivity contribution >= 4 is 11.6 Å². The first-order valence-corrected chi connectivity index (χ1v) is 5.94. The first kappa shape index (κ1) is 10.9. The molecule has 0 aliphatic heterocycles. The second-order valence-corrected chi connectivity index (χ2v) is 4.63. The monoisotopic (exact) mass is 228 g/mol.